The quantitative estimate of drug-likeness (QED) is 0.715. The molecule has 0 atom stereocenters. The van der Waals surface area contributed by atoms with Gasteiger partial charge in [-0.15, -0.1) is 0 Å². The molecule has 0 saturated carbocycles. The van der Waals surface area contributed by atoms with Gasteiger partial charge in [0.1, 0.15) is 11.6 Å². The summed E-state index contributed by atoms with van der Waals surface area (Å²) >= 11 is 3.17. The molecule has 0 aliphatic heterocycles. The second-order valence-corrected chi connectivity index (χ2v) is 5.89. The number of rotatable bonds is 4. The van der Waals surface area contributed by atoms with Crippen molar-refractivity contribution in [3.63, 3.8) is 0 Å². The second-order valence-electron chi connectivity index (χ2n) is 4.97. The number of halogens is 2. The van der Waals surface area contributed by atoms with Crippen molar-refractivity contribution in [3.8, 4) is 5.75 Å². The van der Waals surface area contributed by atoms with Gasteiger partial charge in [-0.2, -0.15) is 0 Å². The fourth-order valence-corrected chi connectivity index (χ4v) is 2.52. The summed E-state index contributed by atoms with van der Waals surface area (Å²) in [7, 11) is 0. The molecule has 0 spiro atoms. The topological polar surface area (TPSA) is 38.3 Å². The van der Waals surface area contributed by atoms with Gasteiger partial charge in [-0.1, -0.05) is 46.3 Å². The lowest BCUT2D eigenvalue weighted by atomic mass is 10.1. The van der Waals surface area contributed by atoms with E-state index in [1.807, 2.05) is 36.4 Å². The lowest BCUT2D eigenvalue weighted by Gasteiger charge is -2.09. The lowest BCUT2D eigenvalue weighted by Crippen LogP contribution is -2.20. The smallest absolute Gasteiger partial charge is 0.262 e. The zero-order valence-electron chi connectivity index (χ0n) is 12.1. The van der Waals surface area contributed by atoms with Crippen molar-refractivity contribution in [2.45, 2.75) is 0 Å². The first-order valence-electron chi connectivity index (χ1n) is 6.98. The van der Waals surface area contributed by atoms with Crippen LogP contribution in [0.15, 0.2) is 65.1 Å². The van der Waals surface area contributed by atoms with Crippen LogP contribution in [0.1, 0.15) is 0 Å². The molecule has 0 saturated heterocycles. The highest BCUT2D eigenvalue weighted by Gasteiger charge is 2.08. The summed E-state index contributed by atoms with van der Waals surface area (Å²) in [6, 6.07) is 17.9. The number of fused-ring (bicyclic) bond motifs is 1. The standard InChI is InChI=1S/C18H13BrFNO2/c19-14-6-8-17(16(20)10-14)21-18(22)11-23-15-7-5-12-3-1-2-4-13(12)9-15/h1-10H,11H2,(H,21,22). The number of carbonyl (C=O) groups is 1. The van der Waals surface area contributed by atoms with E-state index < -0.39 is 11.7 Å². The average molecular weight is 374 g/mol. The minimum Gasteiger partial charge on any atom is -0.484 e. The van der Waals surface area contributed by atoms with Gasteiger partial charge < -0.3 is 10.1 Å². The Morgan fingerprint density at radius 3 is 2.61 bits per heavy atom. The van der Waals surface area contributed by atoms with E-state index in [1.54, 1.807) is 12.1 Å². The largest absolute Gasteiger partial charge is 0.484 e. The molecule has 1 N–H and O–H groups in total. The van der Waals surface area contributed by atoms with Crippen LogP contribution in [-0.4, -0.2) is 12.5 Å². The van der Waals surface area contributed by atoms with Gasteiger partial charge in [0, 0.05) is 4.47 Å². The summed E-state index contributed by atoms with van der Waals surface area (Å²) in [5, 5.41) is 4.62. The van der Waals surface area contributed by atoms with Crippen molar-refractivity contribution in [3.05, 3.63) is 71.0 Å². The van der Waals surface area contributed by atoms with Crippen molar-refractivity contribution >= 4 is 38.3 Å². The Labute approximate surface area is 141 Å². The molecule has 116 valence electrons. The zero-order valence-corrected chi connectivity index (χ0v) is 13.6. The van der Waals surface area contributed by atoms with E-state index in [0.29, 0.717) is 10.2 Å². The normalized spacial score (nSPS) is 10.5. The Balaban J connectivity index is 1.63. The summed E-state index contributed by atoms with van der Waals surface area (Å²) in [5.41, 5.74) is 0.125. The predicted octanol–water partition coefficient (Wildman–Crippen LogP) is 4.76. The molecular formula is C18H13BrFNO2. The molecule has 0 unspecified atom stereocenters. The molecule has 0 aromatic heterocycles. The van der Waals surface area contributed by atoms with Gasteiger partial charge >= 0.3 is 0 Å². The minimum absolute atomic E-state index is 0.125. The molecule has 0 heterocycles. The van der Waals surface area contributed by atoms with Crippen molar-refractivity contribution in [2.24, 2.45) is 0 Å². The van der Waals surface area contributed by atoms with Crippen molar-refractivity contribution in [1.29, 1.82) is 0 Å². The third-order valence-electron chi connectivity index (χ3n) is 3.30. The molecule has 0 aliphatic carbocycles. The van der Waals surface area contributed by atoms with E-state index in [0.717, 1.165) is 10.8 Å². The summed E-state index contributed by atoms with van der Waals surface area (Å²) in [5.74, 6) is -0.326. The van der Waals surface area contributed by atoms with E-state index in [4.69, 9.17) is 4.74 Å². The van der Waals surface area contributed by atoms with Crippen LogP contribution in [0.2, 0.25) is 0 Å². The van der Waals surface area contributed by atoms with E-state index in [2.05, 4.69) is 21.2 Å². The highest BCUT2D eigenvalue weighted by molar-refractivity contribution is 9.10. The Bertz CT molecular complexity index is 867. The molecule has 0 radical (unpaired) electrons. The molecule has 3 nitrogen and oxygen atoms in total. The zero-order chi connectivity index (χ0) is 16.2. The maximum absolute atomic E-state index is 13.7. The van der Waals surface area contributed by atoms with Gasteiger partial charge in [-0.3, -0.25) is 4.79 Å². The third-order valence-corrected chi connectivity index (χ3v) is 3.79. The molecular weight excluding hydrogens is 361 g/mol. The van der Waals surface area contributed by atoms with Crippen LogP contribution in [0.25, 0.3) is 10.8 Å². The fraction of sp³-hybridized carbons (Fsp3) is 0.0556. The molecule has 23 heavy (non-hydrogen) atoms. The Morgan fingerprint density at radius 2 is 1.83 bits per heavy atom. The van der Waals surface area contributed by atoms with Crippen LogP contribution in [0.5, 0.6) is 5.75 Å². The summed E-state index contributed by atoms with van der Waals surface area (Å²) in [6.45, 7) is -0.187. The number of anilines is 1. The van der Waals surface area contributed by atoms with Gasteiger partial charge in [0.05, 0.1) is 5.69 Å². The third kappa shape index (κ3) is 3.87. The minimum atomic E-state index is -0.501. The first-order chi connectivity index (χ1) is 11.1. The molecule has 3 aromatic rings. The number of carbonyl (C=O) groups excluding carboxylic acids is 1. The molecule has 0 aliphatic rings. The maximum atomic E-state index is 13.7. The molecule has 3 aromatic carbocycles. The van der Waals surface area contributed by atoms with Gasteiger partial charge in [0.25, 0.3) is 5.91 Å². The predicted molar refractivity (Wildman–Crippen MR) is 92.2 cm³/mol. The monoisotopic (exact) mass is 373 g/mol. The highest BCUT2D eigenvalue weighted by atomic mass is 79.9. The molecule has 0 bridgehead atoms. The fourth-order valence-electron chi connectivity index (χ4n) is 2.18. The van der Waals surface area contributed by atoms with Crippen LogP contribution in [-0.2, 0) is 4.79 Å². The Morgan fingerprint density at radius 1 is 1.04 bits per heavy atom. The van der Waals surface area contributed by atoms with E-state index in [9.17, 15) is 9.18 Å². The number of ether oxygens (including phenoxy) is 1. The second kappa shape index (κ2) is 6.79. The summed E-state index contributed by atoms with van der Waals surface area (Å²) < 4.78 is 19.7. The Kier molecular flexibility index (Phi) is 4.57. The first-order valence-corrected chi connectivity index (χ1v) is 7.77. The average Bonchev–Trinajstić information content (AvgIpc) is 2.55. The van der Waals surface area contributed by atoms with E-state index >= 15 is 0 Å². The SMILES string of the molecule is O=C(COc1ccc2ccccc2c1)Nc1ccc(Br)cc1F. The summed E-state index contributed by atoms with van der Waals surface area (Å²) in [4.78, 5) is 11.9. The van der Waals surface area contributed by atoms with Gasteiger partial charge in [-0.05, 0) is 41.1 Å². The molecule has 0 fully saturated rings. The first kappa shape index (κ1) is 15.5. The lowest BCUT2D eigenvalue weighted by molar-refractivity contribution is -0.118. The van der Waals surface area contributed by atoms with Gasteiger partial charge in [0.2, 0.25) is 0 Å². The van der Waals surface area contributed by atoms with Crippen LogP contribution in [0.4, 0.5) is 10.1 Å². The van der Waals surface area contributed by atoms with Crippen molar-refractivity contribution < 1.29 is 13.9 Å². The number of hydrogen-bond donors (Lipinski definition) is 1. The summed E-state index contributed by atoms with van der Waals surface area (Å²) in [6.07, 6.45) is 0. The number of amides is 1. The molecule has 5 heteroatoms. The Hall–Kier alpha value is -2.40. The highest BCUT2D eigenvalue weighted by Crippen LogP contribution is 2.21. The van der Waals surface area contributed by atoms with Crippen LogP contribution < -0.4 is 10.1 Å². The van der Waals surface area contributed by atoms with E-state index in [-0.39, 0.29) is 12.3 Å². The van der Waals surface area contributed by atoms with Crippen LogP contribution >= 0.6 is 15.9 Å². The van der Waals surface area contributed by atoms with Crippen LogP contribution in [0, 0.1) is 5.82 Å². The molecule has 3 rings (SSSR count). The van der Waals surface area contributed by atoms with Gasteiger partial charge in [-0.25, -0.2) is 4.39 Å². The van der Waals surface area contributed by atoms with Crippen molar-refractivity contribution in [1.82, 2.24) is 0 Å². The van der Waals surface area contributed by atoms with Crippen LogP contribution in [0.3, 0.4) is 0 Å². The number of benzene rings is 3. The number of nitrogens with one attached hydrogen (secondary N) is 1. The maximum Gasteiger partial charge on any atom is 0.262 e. The van der Waals surface area contributed by atoms with Crippen molar-refractivity contribution in [2.75, 3.05) is 11.9 Å². The molecule has 1 amide bonds. The number of hydrogen-bond acceptors (Lipinski definition) is 2. The van der Waals surface area contributed by atoms with Gasteiger partial charge in [0.15, 0.2) is 6.61 Å². The van der Waals surface area contributed by atoms with E-state index in [1.165, 1.54) is 12.1 Å².